The molecule has 0 bridgehead atoms. The van der Waals surface area contributed by atoms with E-state index in [1.807, 2.05) is 39.8 Å². The van der Waals surface area contributed by atoms with Gasteiger partial charge in [-0.1, -0.05) is 65.2 Å². The van der Waals surface area contributed by atoms with E-state index >= 15 is 0 Å². The van der Waals surface area contributed by atoms with Crippen molar-refractivity contribution >= 4 is 0 Å². The maximum absolute atomic E-state index is 5.57. The minimum Gasteiger partial charge on any atom is -0.377 e. The Morgan fingerprint density at radius 3 is 2.15 bits per heavy atom. The second-order valence-electron chi connectivity index (χ2n) is 4.53. The fraction of sp³-hybridized carbons (Fsp3) is 0.778. The second kappa shape index (κ2) is 23.5. The minimum atomic E-state index is 0.404. The number of unbranched alkanes of at least 4 members (excludes halogenated alkanes) is 3. The molecule has 0 aromatic carbocycles. The molecule has 0 aliphatic rings. The highest BCUT2D eigenvalue weighted by atomic mass is 16.5. The molecular weight excluding hydrogens is 246 g/mol. The lowest BCUT2D eigenvalue weighted by molar-refractivity contribution is 0.173. The second-order valence-corrected chi connectivity index (χ2v) is 4.53. The Hall–Kier alpha value is -0.600. The average molecular weight is 286 g/mol. The van der Waals surface area contributed by atoms with Crippen LogP contribution < -0.4 is 5.73 Å². The first-order valence-electron chi connectivity index (χ1n) is 8.23. The molecule has 0 saturated carbocycles. The molecule has 1 atom stereocenters. The van der Waals surface area contributed by atoms with Gasteiger partial charge in [0.1, 0.15) is 0 Å². The molecule has 0 amide bonds. The molecule has 0 fully saturated rings. The molecule has 122 valence electrons. The van der Waals surface area contributed by atoms with Crippen LogP contribution in [0.2, 0.25) is 0 Å². The standard InChI is InChI=1S/C8H19N.C8H14O.C2H6/c1-3-4-5-6-7-8(2)9;1-4-8(5-2)7-9-6-3;1-2/h8H,3-7,9H2,1-2H3;4-5H,1,6-7H2,2-3H3;1-2H3/b;8-5+;. The summed E-state index contributed by atoms with van der Waals surface area (Å²) < 4.78 is 5.14. The van der Waals surface area contributed by atoms with E-state index in [2.05, 4.69) is 20.4 Å². The third-order valence-electron chi connectivity index (χ3n) is 2.62. The predicted molar refractivity (Wildman–Crippen MR) is 94.2 cm³/mol. The summed E-state index contributed by atoms with van der Waals surface area (Å²) in [5.41, 5.74) is 6.72. The van der Waals surface area contributed by atoms with Gasteiger partial charge in [-0.2, -0.15) is 0 Å². The SMILES string of the molecule is C=C/C(=C\C)COCC.CC.CCCCCCC(C)N. The van der Waals surface area contributed by atoms with Crippen molar-refractivity contribution in [2.24, 2.45) is 5.73 Å². The molecule has 0 aromatic rings. The third-order valence-corrected chi connectivity index (χ3v) is 2.62. The van der Waals surface area contributed by atoms with E-state index in [1.165, 1.54) is 32.1 Å². The molecule has 2 nitrogen and oxygen atoms in total. The quantitative estimate of drug-likeness (QED) is 0.449. The Labute approximate surface area is 128 Å². The number of hydrogen-bond acceptors (Lipinski definition) is 2. The zero-order chi connectivity index (χ0) is 16.2. The Morgan fingerprint density at radius 1 is 1.20 bits per heavy atom. The minimum absolute atomic E-state index is 0.404. The number of ether oxygens (including phenoxy) is 1. The van der Waals surface area contributed by atoms with Crippen molar-refractivity contribution in [2.45, 2.75) is 79.7 Å². The van der Waals surface area contributed by atoms with Gasteiger partial charge in [0.2, 0.25) is 0 Å². The Morgan fingerprint density at radius 2 is 1.80 bits per heavy atom. The average Bonchev–Trinajstić information content (AvgIpc) is 2.47. The van der Waals surface area contributed by atoms with Crippen LogP contribution in [-0.2, 0) is 4.74 Å². The highest BCUT2D eigenvalue weighted by Crippen LogP contribution is 2.03. The van der Waals surface area contributed by atoms with Gasteiger partial charge in [0.25, 0.3) is 0 Å². The number of rotatable bonds is 9. The van der Waals surface area contributed by atoms with E-state index in [4.69, 9.17) is 10.5 Å². The highest BCUT2D eigenvalue weighted by molar-refractivity contribution is 5.15. The fourth-order valence-electron chi connectivity index (χ4n) is 1.37. The van der Waals surface area contributed by atoms with E-state index in [9.17, 15) is 0 Å². The van der Waals surface area contributed by atoms with Crippen molar-refractivity contribution in [3.05, 3.63) is 24.3 Å². The largest absolute Gasteiger partial charge is 0.377 e. The maximum atomic E-state index is 5.57. The van der Waals surface area contributed by atoms with Crippen LogP contribution in [0.3, 0.4) is 0 Å². The number of hydrogen-bond donors (Lipinski definition) is 1. The van der Waals surface area contributed by atoms with E-state index < -0.39 is 0 Å². The van der Waals surface area contributed by atoms with Crippen molar-refractivity contribution in [1.29, 1.82) is 0 Å². The van der Waals surface area contributed by atoms with Crippen LogP contribution in [0.4, 0.5) is 0 Å². The summed E-state index contributed by atoms with van der Waals surface area (Å²) in [5.74, 6) is 0. The van der Waals surface area contributed by atoms with Crippen molar-refractivity contribution in [1.82, 2.24) is 0 Å². The Bertz CT molecular complexity index is 198. The van der Waals surface area contributed by atoms with Gasteiger partial charge >= 0.3 is 0 Å². The van der Waals surface area contributed by atoms with E-state index in [-0.39, 0.29) is 0 Å². The molecule has 0 saturated heterocycles. The van der Waals surface area contributed by atoms with Gasteiger partial charge in [-0.25, -0.2) is 0 Å². The maximum Gasteiger partial charge on any atom is 0.0713 e. The van der Waals surface area contributed by atoms with Gasteiger partial charge in [-0.15, -0.1) is 0 Å². The van der Waals surface area contributed by atoms with Gasteiger partial charge in [-0.05, 0) is 32.8 Å². The molecule has 0 heterocycles. The van der Waals surface area contributed by atoms with Gasteiger partial charge in [0.05, 0.1) is 6.61 Å². The summed E-state index contributed by atoms with van der Waals surface area (Å²) in [6.45, 7) is 17.4. The zero-order valence-corrected chi connectivity index (χ0v) is 14.9. The van der Waals surface area contributed by atoms with Crippen LogP contribution in [0, 0.1) is 0 Å². The van der Waals surface area contributed by atoms with Crippen LogP contribution >= 0.6 is 0 Å². The first kappa shape index (κ1) is 24.4. The van der Waals surface area contributed by atoms with E-state index in [1.54, 1.807) is 0 Å². The molecule has 1 unspecified atom stereocenters. The summed E-state index contributed by atoms with van der Waals surface area (Å²) in [7, 11) is 0. The molecule has 0 aliphatic carbocycles. The first-order valence-corrected chi connectivity index (χ1v) is 8.23. The summed E-state index contributed by atoms with van der Waals surface area (Å²) in [6.07, 6.45) is 10.4. The molecule has 2 N–H and O–H groups in total. The lowest BCUT2D eigenvalue weighted by Gasteiger charge is -2.02. The van der Waals surface area contributed by atoms with E-state index in [0.29, 0.717) is 12.6 Å². The molecule has 0 aliphatic heterocycles. The normalized spacial score (nSPS) is 11.7. The Balaban J connectivity index is -0.000000257. The number of allylic oxidation sites excluding steroid dienone is 1. The highest BCUT2D eigenvalue weighted by Gasteiger charge is 1.92. The lowest BCUT2D eigenvalue weighted by atomic mass is 10.1. The fourth-order valence-corrected chi connectivity index (χ4v) is 1.37. The predicted octanol–water partition coefficient (Wildman–Crippen LogP) is 5.49. The number of nitrogens with two attached hydrogens (primary N) is 1. The topological polar surface area (TPSA) is 35.2 Å². The molecule has 0 rings (SSSR count). The molecular formula is C18H39NO. The lowest BCUT2D eigenvalue weighted by Crippen LogP contribution is -2.13. The Kier molecular flexibility index (Phi) is 28.7. The molecule has 2 heteroatoms. The van der Waals surface area contributed by atoms with Crippen molar-refractivity contribution in [3.8, 4) is 0 Å². The summed E-state index contributed by atoms with van der Waals surface area (Å²) in [6, 6.07) is 0.404. The summed E-state index contributed by atoms with van der Waals surface area (Å²) in [5, 5.41) is 0. The first-order chi connectivity index (χ1) is 9.62. The van der Waals surface area contributed by atoms with Crippen molar-refractivity contribution in [3.63, 3.8) is 0 Å². The van der Waals surface area contributed by atoms with Gasteiger partial charge < -0.3 is 10.5 Å². The monoisotopic (exact) mass is 285 g/mol. The van der Waals surface area contributed by atoms with Gasteiger partial charge in [0, 0.05) is 12.6 Å². The molecule has 0 aromatic heterocycles. The van der Waals surface area contributed by atoms with Gasteiger partial charge in [0.15, 0.2) is 0 Å². The van der Waals surface area contributed by atoms with Crippen LogP contribution in [0.15, 0.2) is 24.3 Å². The van der Waals surface area contributed by atoms with Crippen LogP contribution in [0.1, 0.15) is 73.6 Å². The van der Waals surface area contributed by atoms with Crippen LogP contribution in [-0.4, -0.2) is 19.3 Å². The van der Waals surface area contributed by atoms with Gasteiger partial charge in [-0.3, -0.25) is 0 Å². The van der Waals surface area contributed by atoms with Crippen LogP contribution in [0.5, 0.6) is 0 Å². The molecule has 0 spiro atoms. The summed E-state index contributed by atoms with van der Waals surface area (Å²) >= 11 is 0. The summed E-state index contributed by atoms with van der Waals surface area (Å²) in [4.78, 5) is 0. The third kappa shape index (κ3) is 26.1. The molecule has 0 radical (unpaired) electrons. The molecule has 20 heavy (non-hydrogen) atoms. The zero-order valence-electron chi connectivity index (χ0n) is 14.9. The van der Waals surface area contributed by atoms with Crippen molar-refractivity contribution in [2.75, 3.05) is 13.2 Å². The van der Waals surface area contributed by atoms with Crippen LogP contribution in [0.25, 0.3) is 0 Å². The van der Waals surface area contributed by atoms with E-state index in [0.717, 1.165) is 12.2 Å². The van der Waals surface area contributed by atoms with Crippen molar-refractivity contribution < 1.29 is 4.74 Å². The smallest absolute Gasteiger partial charge is 0.0713 e.